The van der Waals surface area contributed by atoms with E-state index < -0.39 is 22.8 Å². The van der Waals surface area contributed by atoms with E-state index in [1.165, 1.54) is 4.68 Å². The van der Waals surface area contributed by atoms with Gasteiger partial charge in [0.15, 0.2) is 5.52 Å². The van der Waals surface area contributed by atoms with Gasteiger partial charge in [-0.15, -0.1) is 0 Å². The third kappa shape index (κ3) is 2.54. The molecule has 5 nitrogen and oxygen atoms in total. The third-order valence-corrected chi connectivity index (χ3v) is 4.85. The Bertz CT molecular complexity index is 1030. The van der Waals surface area contributed by atoms with E-state index in [1.807, 2.05) is 0 Å². The molecule has 0 saturated heterocycles. The van der Waals surface area contributed by atoms with Crippen molar-refractivity contribution in [2.45, 2.75) is 25.0 Å². The lowest BCUT2D eigenvalue weighted by atomic mass is 10.0. The first-order chi connectivity index (χ1) is 11.9. The molecular formula is C17H14ClF2N3O2. The molecule has 1 aliphatic rings. The van der Waals surface area contributed by atoms with E-state index in [0.717, 1.165) is 25.0 Å². The lowest BCUT2D eigenvalue weighted by Gasteiger charge is -2.13. The van der Waals surface area contributed by atoms with Crippen LogP contribution in [0.15, 0.2) is 29.2 Å². The molecule has 1 saturated carbocycles. The molecule has 1 N–H and O–H groups in total. The Balaban J connectivity index is 1.87. The average Bonchev–Trinajstić information content (AvgIpc) is 3.34. The second kappa shape index (κ2) is 5.64. The molecule has 0 spiro atoms. The van der Waals surface area contributed by atoms with Crippen LogP contribution < -0.4 is 5.56 Å². The van der Waals surface area contributed by atoms with Crippen molar-refractivity contribution in [3.8, 4) is 0 Å². The van der Waals surface area contributed by atoms with Crippen molar-refractivity contribution >= 4 is 22.5 Å². The van der Waals surface area contributed by atoms with Crippen LogP contribution in [0.1, 0.15) is 36.2 Å². The van der Waals surface area contributed by atoms with E-state index in [0.29, 0.717) is 5.39 Å². The molecule has 0 amide bonds. The van der Waals surface area contributed by atoms with Crippen molar-refractivity contribution in [3.63, 3.8) is 0 Å². The summed E-state index contributed by atoms with van der Waals surface area (Å²) >= 11 is 5.49. The van der Waals surface area contributed by atoms with E-state index >= 15 is 0 Å². The summed E-state index contributed by atoms with van der Waals surface area (Å²) in [6.07, 6.45) is 2.23. The van der Waals surface area contributed by atoms with Crippen molar-refractivity contribution in [3.05, 3.63) is 62.7 Å². The molecule has 2 heterocycles. The van der Waals surface area contributed by atoms with E-state index in [4.69, 9.17) is 11.6 Å². The summed E-state index contributed by atoms with van der Waals surface area (Å²) in [5.74, 6) is -1.92. The fourth-order valence-corrected chi connectivity index (χ4v) is 3.18. The molecular weight excluding hydrogens is 352 g/mol. The van der Waals surface area contributed by atoms with Gasteiger partial charge in [0.2, 0.25) is 0 Å². The van der Waals surface area contributed by atoms with Crippen LogP contribution in [-0.2, 0) is 7.05 Å². The zero-order chi connectivity index (χ0) is 17.9. The van der Waals surface area contributed by atoms with E-state index in [9.17, 15) is 18.7 Å². The summed E-state index contributed by atoms with van der Waals surface area (Å²) in [6, 6.07) is 3.84. The van der Waals surface area contributed by atoms with Gasteiger partial charge in [0.25, 0.3) is 5.56 Å². The molecule has 4 rings (SSSR count). The number of aliphatic hydroxyl groups is 1. The van der Waals surface area contributed by atoms with E-state index in [-0.39, 0.29) is 28.4 Å². The maximum absolute atomic E-state index is 13.7. The normalized spacial score (nSPS) is 15.7. The Labute approximate surface area is 146 Å². The van der Waals surface area contributed by atoms with Crippen LogP contribution in [-0.4, -0.2) is 19.5 Å². The van der Waals surface area contributed by atoms with Crippen LogP contribution >= 0.6 is 11.6 Å². The quantitative estimate of drug-likeness (QED) is 0.726. The molecule has 1 unspecified atom stereocenters. The van der Waals surface area contributed by atoms with Gasteiger partial charge in [-0.3, -0.25) is 9.48 Å². The zero-order valence-electron chi connectivity index (χ0n) is 13.2. The van der Waals surface area contributed by atoms with Crippen molar-refractivity contribution in [2.75, 3.05) is 0 Å². The molecule has 1 aliphatic carbocycles. The Morgan fingerprint density at radius 1 is 1.32 bits per heavy atom. The minimum Gasteiger partial charge on any atom is -0.382 e. The highest BCUT2D eigenvalue weighted by atomic mass is 35.5. The highest BCUT2D eigenvalue weighted by Gasteiger charge is 2.28. The number of hydrogen-bond donors (Lipinski definition) is 1. The largest absolute Gasteiger partial charge is 0.382 e. The van der Waals surface area contributed by atoms with Gasteiger partial charge in [-0.25, -0.2) is 8.78 Å². The summed E-state index contributed by atoms with van der Waals surface area (Å²) in [4.78, 5) is 12.6. The fraction of sp³-hybridized carbons (Fsp3) is 0.294. The monoisotopic (exact) mass is 365 g/mol. The predicted octanol–water partition coefficient (Wildman–Crippen LogP) is 3.08. The van der Waals surface area contributed by atoms with Crippen LogP contribution in [0, 0.1) is 11.6 Å². The van der Waals surface area contributed by atoms with Gasteiger partial charge in [0, 0.05) is 24.7 Å². The van der Waals surface area contributed by atoms with Gasteiger partial charge in [-0.2, -0.15) is 5.10 Å². The molecule has 8 heteroatoms. The summed E-state index contributed by atoms with van der Waals surface area (Å²) in [6.45, 7) is 0. The lowest BCUT2D eigenvalue weighted by molar-refractivity contribution is 0.210. The molecule has 0 aliphatic heterocycles. The Hall–Kier alpha value is -2.25. The van der Waals surface area contributed by atoms with Gasteiger partial charge in [-0.1, -0.05) is 11.6 Å². The maximum Gasteiger partial charge on any atom is 0.279 e. The molecule has 1 fully saturated rings. The Morgan fingerprint density at radius 2 is 1.96 bits per heavy atom. The molecule has 1 atom stereocenters. The van der Waals surface area contributed by atoms with E-state index in [1.54, 1.807) is 23.9 Å². The first-order valence-electron chi connectivity index (χ1n) is 7.78. The summed E-state index contributed by atoms with van der Waals surface area (Å²) in [5, 5.41) is 14.7. The van der Waals surface area contributed by atoms with Gasteiger partial charge in [-0.05, 0) is 36.6 Å². The van der Waals surface area contributed by atoms with Crippen molar-refractivity contribution in [1.29, 1.82) is 0 Å². The molecule has 0 radical (unpaired) electrons. The lowest BCUT2D eigenvalue weighted by Crippen LogP contribution is -2.18. The number of aromatic nitrogens is 3. The number of rotatable bonds is 3. The fourth-order valence-electron chi connectivity index (χ4n) is 3.08. The van der Waals surface area contributed by atoms with Crippen LogP contribution in [0.4, 0.5) is 8.78 Å². The number of nitrogens with zero attached hydrogens (tertiary/aromatic N) is 3. The highest BCUT2D eigenvalue weighted by molar-refractivity contribution is 6.30. The van der Waals surface area contributed by atoms with Crippen LogP contribution in [0.2, 0.25) is 5.02 Å². The number of pyridine rings is 1. The average molecular weight is 366 g/mol. The van der Waals surface area contributed by atoms with Gasteiger partial charge in [0.05, 0.1) is 5.69 Å². The Morgan fingerprint density at radius 3 is 2.56 bits per heavy atom. The SMILES string of the molecule is Cn1nc2c(=O)n(C3CC3)ccc2c1C(O)c1cc(F)c(Cl)c(F)c1. The summed E-state index contributed by atoms with van der Waals surface area (Å²) in [5.41, 5.74) is 0.273. The van der Waals surface area contributed by atoms with Crippen LogP contribution in [0.25, 0.3) is 10.9 Å². The first kappa shape index (κ1) is 16.2. The predicted molar refractivity (Wildman–Crippen MR) is 88.7 cm³/mol. The van der Waals surface area contributed by atoms with Gasteiger partial charge >= 0.3 is 0 Å². The standard InChI is InChI=1S/C17H14ClF2N3O2/c1-22-15(16(24)8-6-11(19)13(18)12(20)7-8)10-4-5-23(9-2-3-9)17(25)14(10)21-22/h4-7,9,16,24H,2-3H2,1H3. The summed E-state index contributed by atoms with van der Waals surface area (Å²) in [7, 11) is 1.57. The molecule has 130 valence electrons. The van der Waals surface area contributed by atoms with Gasteiger partial charge < -0.3 is 9.67 Å². The zero-order valence-corrected chi connectivity index (χ0v) is 14.0. The molecule has 2 aromatic heterocycles. The number of aryl methyl sites for hydroxylation is 1. The number of benzene rings is 1. The van der Waals surface area contributed by atoms with E-state index in [2.05, 4.69) is 5.10 Å². The van der Waals surface area contributed by atoms with Gasteiger partial charge in [0.1, 0.15) is 22.8 Å². The minimum atomic E-state index is -1.35. The van der Waals surface area contributed by atoms with Crippen LogP contribution in [0.5, 0.6) is 0 Å². The van der Waals surface area contributed by atoms with Crippen LogP contribution in [0.3, 0.4) is 0 Å². The minimum absolute atomic E-state index is 0.00401. The molecule has 25 heavy (non-hydrogen) atoms. The highest BCUT2D eigenvalue weighted by Crippen LogP contribution is 2.35. The van der Waals surface area contributed by atoms with Crippen molar-refractivity contribution < 1.29 is 13.9 Å². The number of hydrogen-bond acceptors (Lipinski definition) is 3. The van der Waals surface area contributed by atoms with Crippen molar-refractivity contribution in [2.24, 2.45) is 7.05 Å². The second-order valence-corrected chi connectivity index (χ2v) is 6.61. The third-order valence-electron chi connectivity index (χ3n) is 4.49. The smallest absolute Gasteiger partial charge is 0.279 e. The molecule has 0 bridgehead atoms. The number of aliphatic hydroxyl groups excluding tert-OH is 1. The topological polar surface area (TPSA) is 60.0 Å². The first-order valence-corrected chi connectivity index (χ1v) is 8.16. The maximum atomic E-state index is 13.7. The summed E-state index contributed by atoms with van der Waals surface area (Å²) < 4.78 is 30.4. The molecule has 3 aromatic rings. The number of halogens is 3. The number of fused-ring (bicyclic) bond motifs is 1. The van der Waals surface area contributed by atoms with Crippen molar-refractivity contribution in [1.82, 2.24) is 14.3 Å². The second-order valence-electron chi connectivity index (χ2n) is 6.23. The Kier molecular flexibility index (Phi) is 3.66. The molecule has 1 aromatic carbocycles.